The fraction of sp³-hybridized carbons (Fsp3) is 0.462. The van der Waals surface area contributed by atoms with Gasteiger partial charge in [-0.2, -0.15) is 0 Å². The Kier molecular flexibility index (Phi) is 2.49. The van der Waals surface area contributed by atoms with E-state index < -0.39 is 0 Å². The highest BCUT2D eigenvalue weighted by Crippen LogP contribution is 2.37. The number of hydrogen-bond donors (Lipinski definition) is 1. The molecule has 1 fully saturated rings. The lowest BCUT2D eigenvalue weighted by molar-refractivity contribution is 0.557. The molecule has 1 saturated heterocycles. The molecule has 2 heterocycles. The predicted octanol–water partition coefficient (Wildman–Crippen LogP) is 2.81. The summed E-state index contributed by atoms with van der Waals surface area (Å²) in [5, 5.41) is 4.18. The minimum atomic E-state index is 0.544. The summed E-state index contributed by atoms with van der Waals surface area (Å²) in [6.45, 7) is 3.15. The average Bonchev–Trinajstić information content (AvgIpc) is 2.83. The van der Waals surface area contributed by atoms with Crippen LogP contribution in [-0.4, -0.2) is 17.6 Å². The lowest BCUT2D eigenvalue weighted by atomic mass is 9.97. The van der Waals surface area contributed by atoms with Gasteiger partial charge in [-0.3, -0.25) is 0 Å². The molecule has 2 aliphatic rings. The standard InChI is InChI=1S/C13H15ClN2/c1-8-6-10(7-16-13(8)14)11-3-2-9-4-5-15-12(9)11/h3,6-7,9,12,15H,2,4-5H2,1H3/t9-,12+/m0/s1. The Balaban J connectivity index is 1.95. The Morgan fingerprint density at radius 2 is 2.38 bits per heavy atom. The number of hydrogen-bond acceptors (Lipinski definition) is 2. The van der Waals surface area contributed by atoms with Gasteiger partial charge in [-0.1, -0.05) is 17.7 Å². The van der Waals surface area contributed by atoms with Gasteiger partial charge in [-0.15, -0.1) is 0 Å². The van der Waals surface area contributed by atoms with Crippen molar-refractivity contribution < 1.29 is 0 Å². The van der Waals surface area contributed by atoms with Gasteiger partial charge in [0, 0.05) is 12.2 Å². The normalized spacial score (nSPS) is 28.0. The molecule has 1 aliphatic carbocycles. The molecular formula is C13H15ClN2. The summed E-state index contributed by atoms with van der Waals surface area (Å²) >= 11 is 5.95. The molecule has 3 rings (SSSR count). The highest BCUT2D eigenvalue weighted by Gasteiger charge is 2.33. The number of allylic oxidation sites excluding steroid dienone is 1. The van der Waals surface area contributed by atoms with Crippen LogP contribution in [0.2, 0.25) is 5.15 Å². The van der Waals surface area contributed by atoms with Gasteiger partial charge >= 0.3 is 0 Å². The summed E-state index contributed by atoms with van der Waals surface area (Å²) < 4.78 is 0. The van der Waals surface area contributed by atoms with Crippen molar-refractivity contribution in [1.29, 1.82) is 0 Å². The van der Waals surface area contributed by atoms with Crippen LogP contribution in [0.3, 0.4) is 0 Å². The van der Waals surface area contributed by atoms with E-state index in [0.717, 1.165) is 18.0 Å². The fourth-order valence-electron chi connectivity index (χ4n) is 2.79. The highest BCUT2D eigenvalue weighted by atomic mass is 35.5. The van der Waals surface area contributed by atoms with E-state index >= 15 is 0 Å². The molecule has 0 bridgehead atoms. The lowest BCUT2D eigenvalue weighted by Gasteiger charge is -2.15. The van der Waals surface area contributed by atoms with Gasteiger partial charge in [0.05, 0.1) is 0 Å². The van der Waals surface area contributed by atoms with Crippen molar-refractivity contribution in [3.8, 4) is 0 Å². The first-order valence-corrected chi connectivity index (χ1v) is 6.19. The molecule has 2 nitrogen and oxygen atoms in total. The zero-order valence-electron chi connectivity index (χ0n) is 9.33. The van der Waals surface area contributed by atoms with E-state index in [-0.39, 0.29) is 0 Å². The topological polar surface area (TPSA) is 24.9 Å². The zero-order chi connectivity index (χ0) is 11.1. The van der Waals surface area contributed by atoms with E-state index in [4.69, 9.17) is 11.6 Å². The largest absolute Gasteiger partial charge is 0.310 e. The van der Waals surface area contributed by atoms with Crippen molar-refractivity contribution >= 4 is 17.2 Å². The Hall–Kier alpha value is -0.860. The molecule has 0 radical (unpaired) electrons. The molecule has 0 amide bonds. The Morgan fingerprint density at radius 3 is 3.19 bits per heavy atom. The number of aryl methyl sites for hydroxylation is 1. The molecule has 1 aromatic rings. The molecule has 0 aromatic carbocycles. The first-order chi connectivity index (χ1) is 7.75. The second-order valence-corrected chi connectivity index (χ2v) is 5.07. The summed E-state index contributed by atoms with van der Waals surface area (Å²) in [5.74, 6) is 0.797. The van der Waals surface area contributed by atoms with Crippen LogP contribution >= 0.6 is 11.6 Å². The smallest absolute Gasteiger partial charge is 0.131 e. The summed E-state index contributed by atoms with van der Waals surface area (Å²) in [6, 6.07) is 2.69. The van der Waals surface area contributed by atoms with Gasteiger partial charge in [0.25, 0.3) is 0 Å². The predicted molar refractivity (Wildman–Crippen MR) is 66.5 cm³/mol. The minimum Gasteiger partial charge on any atom is -0.310 e. The SMILES string of the molecule is Cc1cc(C2=CC[C@H]3CCN[C@@H]23)cnc1Cl. The quantitative estimate of drug-likeness (QED) is 0.756. The molecule has 0 spiro atoms. The number of rotatable bonds is 1. The van der Waals surface area contributed by atoms with Crippen molar-refractivity contribution in [2.75, 3.05) is 6.54 Å². The van der Waals surface area contributed by atoms with E-state index in [1.54, 1.807) is 0 Å². The maximum absolute atomic E-state index is 5.95. The van der Waals surface area contributed by atoms with Crippen LogP contribution in [0.4, 0.5) is 0 Å². The van der Waals surface area contributed by atoms with Gasteiger partial charge in [0.1, 0.15) is 5.15 Å². The van der Waals surface area contributed by atoms with Crippen LogP contribution in [0, 0.1) is 12.8 Å². The minimum absolute atomic E-state index is 0.544. The molecule has 0 saturated carbocycles. The van der Waals surface area contributed by atoms with Crippen LogP contribution in [0.15, 0.2) is 18.3 Å². The summed E-state index contributed by atoms with van der Waals surface area (Å²) in [6.07, 6.45) is 6.74. The lowest BCUT2D eigenvalue weighted by Crippen LogP contribution is -2.24. The Labute approximate surface area is 101 Å². The molecule has 0 unspecified atom stereocenters. The highest BCUT2D eigenvalue weighted by molar-refractivity contribution is 6.30. The second kappa shape index (κ2) is 3.86. The molecular weight excluding hydrogens is 220 g/mol. The number of halogens is 1. The Morgan fingerprint density at radius 1 is 1.50 bits per heavy atom. The van der Waals surface area contributed by atoms with E-state index in [2.05, 4.69) is 22.4 Å². The van der Waals surface area contributed by atoms with Crippen LogP contribution in [0.25, 0.3) is 5.57 Å². The number of fused-ring (bicyclic) bond motifs is 1. The molecule has 1 aliphatic heterocycles. The zero-order valence-corrected chi connectivity index (χ0v) is 10.1. The summed E-state index contributed by atoms with van der Waals surface area (Å²) in [5.41, 5.74) is 3.69. The molecule has 16 heavy (non-hydrogen) atoms. The number of nitrogens with zero attached hydrogens (tertiary/aromatic N) is 1. The molecule has 1 N–H and O–H groups in total. The first kappa shape index (κ1) is 10.3. The monoisotopic (exact) mass is 234 g/mol. The van der Waals surface area contributed by atoms with E-state index in [9.17, 15) is 0 Å². The maximum atomic E-state index is 5.95. The van der Waals surface area contributed by atoms with Crippen LogP contribution in [0.1, 0.15) is 24.0 Å². The fourth-order valence-corrected chi connectivity index (χ4v) is 2.90. The van der Waals surface area contributed by atoms with Gasteiger partial charge in [-0.05, 0) is 55.0 Å². The number of aromatic nitrogens is 1. The molecule has 3 heteroatoms. The van der Waals surface area contributed by atoms with Gasteiger partial charge in [0.15, 0.2) is 0 Å². The van der Waals surface area contributed by atoms with Crippen molar-refractivity contribution in [3.63, 3.8) is 0 Å². The van der Waals surface area contributed by atoms with Gasteiger partial charge in [0.2, 0.25) is 0 Å². The van der Waals surface area contributed by atoms with Crippen molar-refractivity contribution in [3.05, 3.63) is 34.6 Å². The molecule has 1 aromatic heterocycles. The Bertz CT molecular complexity index is 453. The summed E-state index contributed by atoms with van der Waals surface area (Å²) in [4.78, 5) is 4.23. The summed E-state index contributed by atoms with van der Waals surface area (Å²) in [7, 11) is 0. The van der Waals surface area contributed by atoms with E-state index in [1.807, 2.05) is 13.1 Å². The van der Waals surface area contributed by atoms with Gasteiger partial charge in [-0.25, -0.2) is 4.98 Å². The second-order valence-electron chi connectivity index (χ2n) is 4.71. The van der Waals surface area contributed by atoms with Gasteiger partial charge < -0.3 is 5.32 Å². The third kappa shape index (κ3) is 1.57. The third-order valence-corrected chi connectivity index (χ3v) is 4.07. The van der Waals surface area contributed by atoms with E-state index in [0.29, 0.717) is 11.2 Å². The van der Waals surface area contributed by atoms with E-state index in [1.165, 1.54) is 24.0 Å². The van der Waals surface area contributed by atoms with Crippen molar-refractivity contribution in [2.45, 2.75) is 25.8 Å². The number of nitrogens with one attached hydrogen (secondary N) is 1. The van der Waals surface area contributed by atoms with Crippen molar-refractivity contribution in [2.24, 2.45) is 5.92 Å². The van der Waals surface area contributed by atoms with Crippen LogP contribution in [-0.2, 0) is 0 Å². The third-order valence-electron chi connectivity index (χ3n) is 3.67. The average molecular weight is 235 g/mol. The first-order valence-electron chi connectivity index (χ1n) is 5.81. The van der Waals surface area contributed by atoms with Crippen LogP contribution in [0.5, 0.6) is 0 Å². The molecule has 84 valence electrons. The number of pyridine rings is 1. The molecule has 2 atom stereocenters. The maximum Gasteiger partial charge on any atom is 0.131 e. The van der Waals surface area contributed by atoms with Crippen LogP contribution < -0.4 is 5.32 Å². The van der Waals surface area contributed by atoms with Crippen molar-refractivity contribution in [1.82, 2.24) is 10.3 Å².